The van der Waals surface area contributed by atoms with Gasteiger partial charge in [0.25, 0.3) is 10.0 Å². The van der Waals surface area contributed by atoms with Crippen LogP contribution in [0.25, 0.3) is 0 Å². The van der Waals surface area contributed by atoms with Crippen molar-refractivity contribution in [1.29, 1.82) is 0 Å². The fraction of sp³-hybridized carbons (Fsp3) is 0. The molecule has 0 atom stereocenters. The van der Waals surface area contributed by atoms with Gasteiger partial charge >= 0.3 is 0 Å². The molecular formula is C12H11ClN2O4S2. The second-order valence-corrected chi connectivity index (χ2v) is 7.75. The van der Waals surface area contributed by atoms with Crippen molar-refractivity contribution in [2.45, 2.75) is 9.79 Å². The first-order chi connectivity index (χ1) is 9.70. The summed E-state index contributed by atoms with van der Waals surface area (Å²) in [6.07, 6.45) is 0. The van der Waals surface area contributed by atoms with E-state index in [-0.39, 0.29) is 20.5 Å². The molecule has 112 valence electrons. The molecule has 3 N–H and O–H groups in total. The highest BCUT2D eigenvalue weighted by Gasteiger charge is 2.17. The van der Waals surface area contributed by atoms with Crippen LogP contribution in [0.15, 0.2) is 58.3 Å². The number of sulfonamides is 2. The number of nitrogens with one attached hydrogen (secondary N) is 1. The van der Waals surface area contributed by atoms with Crippen molar-refractivity contribution in [2.24, 2.45) is 5.14 Å². The second kappa shape index (κ2) is 5.64. The van der Waals surface area contributed by atoms with Crippen LogP contribution in [0.3, 0.4) is 0 Å². The molecule has 0 bridgehead atoms. The second-order valence-electron chi connectivity index (χ2n) is 4.10. The standard InChI is InChI=1S/C12H11ClN2O4S2/c13-11-3-1-2-4-12(11)15-21(18,19)10-7-5-9(6-8-10)20(14,16)17/h1-8,15H,(H2,14,16,17). The molecule has 9 heteroatoms. The van der Waals surface area contributed by atoms with E-state index in [4.69, 9.17) is 16.7 Å². The molecule has 2 rings (SSSR count). The molecular weight excluding hydrogens is 336 g/mol. The van der Waals surface area contributed by atoms with Gasteiger partial charge in [0.05, 0.1) is 20.5 Å². The molecule has 0 aliphatic heterocycles. The van der Waals surface area contributed by atoms with Gasteiger partial charge in [0.15, 0.2) is 0 Å². The summed E-state index contributed by atoms with van der Waals surface area (Å²) in [4.78, 5) is -0.269. The van der Waals surface area contributed by atoms with Gasteiger partial charge < -0.3 is 0 Å². The van der Waals surface area contributed by atoms with E-state index in [9.17, 15) is 16.8 Å². The Morgan fingerprint density at radius 2 is 1.38 bits per heavy atom. The maximum atomic E-state index is 12.2. The molecule has 6 nitrogen and oxygen atoms in total. The summed E-state index contributed by atoms with van der Waals surface area (Å²) in [7, 11) is -7.74. The van der Waals surface area contributed by atoms with Gasteiger partial charge in [-0.3, -0.25) is 4.72 Å². The van der Waals surface area contributed by atoms with Crippen LogP contribution in [-0.2, 0) is 20.0 Å². The lowest BCUT2D eigenvalue weighted by Crippen LogP contribution is -2.15. The fourth-order valence-corrected chi connectivity index (χ4v) is 3.39. The maximum absolute atomic E-state index is 12.2. The zero-order valence-electron chi connectivity index (χ0n) is 10.5. The molecule has 0 spiro atoms. The van der Waals surface area contributed by atoms with Crippen LogP contribution in [0.4, 0.5) is 5.69 Å². The third-order valence-corrected chi connectivity index (χ3v) is 5.22. The Kier molecular flexibility index (Phi) is 4.24. The number of anilines is 1. The van der Waals surface area contributed by atoms with Crippen LogP contribution < -0.4 is 9.86 Å². The SMILES string of the molecule is NS(=O)(=O)c1ccc(S(=O)(=O)Nc2ccccc2Cl)cc1. The fourth-order valence-electron chi connectivity index (χ4n) is 1.56. The van der Waals surface area contributed by atoms with E-state index < -0.39 is 20.0 Å². The summed E-state index contributed by atoms with van der Waals surface area (Å²) in [6, 6.07) is 10.9. The van der Waals surface area contributed by atoms with Crippen molar-refractivity contribution in [3.63, 3.8) is 0 Å². The van der Waals surface area contributed by atoms with Crippen molar-refractivity contribution in [1.82, 2.24) is 0 Å². The summed E-state index contributed by atoms with van der Waals surface area (Å²) in [5.41, 5.74) is 0.231. The molecule has 0 aromatic heterocycles. The number of hydrogen-bond acceptors (Lipinski definition) is 4. The lowest BCUT2D eigenvalue weighted by atomic mass is 10.3. The summed E-state index contributed by atoms with van der Waals surface area (Å²) in [5.74, 6) is 0. The lowest BCUT2D eigenvalue weighted by Gasteiger charge is -2.09. The molecule has 21 heavy (non-hydrogen) atoms. The van der Waals surface area contributed by atoms with Crippen LogP contribution >= 0.6 is 11.6 Å². The molecule has 2 aromatic rings. The molecule has 0 fully saturated rings. The van der Waals surface area contributed by atoms with E-state index in [0.29, 0.717) is 0 Å². The minimum atomic E-state index is -3.87. The highest BCUT2D eigenvalue weighted by Crippen LogP contribution is 2.24. The van der Waals surface area contributed by atoms with Crippen LogP contribution in [-0.4, -0.2) is 16.8 Å². The number of rotatable bonds is 4. The zero-order valence-corrected chi connectivity index (χ0v) is 12.9. The van der Waals surface area contributed by atoms with Gasteiger partial charge in [0.2, 0.25) is 10.0 Å². The average molecular weight is 347 g/mol. The number of halogens is 1. The van der Waals surface area contributed by atoms with E-state index in [1.54, 1.807) is 18.2 Å². The van der Waals surface area contributed by atoms with Crippen LogP contribution in [0.1, 0.15) is 0 Å². The minimum absolute atomic E-state index is 0.102. The Balaban J connectivity index is 2.35. The van der Waals surface area contributed by atoms with E-state index in [0.717, 1.165) is 24.3 Å². The largest absolute Gasteiger partial charge is 0.278 e. The van der Waals surface area contributed by atoms with Crippen molar-refractivity contribution >= 4 is 37.3 Å². The van der Waals surface area contributed by atoms with Crippen molar-refractivity contribution in [3.05, 3.63) is 53.6 Å². The number of benzene rings is 2. The number of para-hydroxylation sites is 1. The molecule has 0 heterocycles. The summed E-state index contributed by atoms with van der Waals surface area (Å²) in [5, 5.41) is 5.20. The average Bonchev–Trinajstić information content (AvgIpc) is 2.40. The van der Waals surface area contributed by atoms with E-state index in [2.05, 4.69) is 4.72 Å². The lowest BCUT2D eigenvalue weighted by molar-refractivity contribution is 0.595. The third kappa shape index (κ3) is 3.73. The van der Waals surface area contributed by atoms with Gasteiger partial charge in [0, 0.05) is 0 Å². The molecule has 0 aliphatic carbocycles. The number of hydrogen-bond donors (Lipinski definition) is 2. The van der Waals surface area contributed by atoms with Gasteiger partial charge in [-0.15, -0.1) is 0 Å². The highest BCUT2D eigenvalue weighted by molar-refractivity contribution is 7.92. The van der Waals surface area contributed by atoms with Crippen molar-refractivity contribution in [2.75, 3.05) is 4.72 Å². The molecule has 0 amide bonds. The Bertz CT molecular complexity index is 862. The summed E-state index contributed by atoms with van der Waals surface area (Å²) >= 11 is 5.88. The van der Waals surface area contributed by atoms with Crippen molar-refractivity contribution < 1.29 is 16.8 Å². The molecule has 0 radical (unpaired) electrons. The first-order valence-electron chi connectivity index (χ1n) is 5.60. The Morgan fingerprint density at radius 1 is 0.857 bits per heavy atom. The van der Waals surface area contributed by atoms with Crippen LogP contribution in [0.5, 0.6) is 0 Å². The van der Waals surface area contributed by atoms with E-state index in [1.165, 1.54) is 6.07 Å². The van der Waals surface area contributed by atoms with Crippen LogP contribution in [0.2, 0.25) is 5.02 Å². The Labute approximate surface area is 127 Å². The summed E-state index contributed by atoms with van der Waals surface area (Å²) < 4.78 is 48.9. The first kappa shape index (κ1) is 15.8. The highest BCUT2D eigenvalue weighted by atomic mass is 35.5. The molecule has 0 saturated carbocycles. The topological polar surface area (TPSA) is 106 Å². The zero-order chi connectivity index (χ0) is 15.7. The number of nitrogens with two attached hydrogens (primary N) is 1. The van der Waals surface area contributed by atoms with Gasteiger partial charge in [-0.1, -0.05) is 23.7 Å². The van der Waals surface area contributed by atoms with Gasteiger partial charge in [-0.05, 0) is 36.4 Å². The van der Waals surface area contributed by atoms with Gasteiger partial charge in [-0.2, -0.15) is 0 Å². The van der Waals surface area contributed by atoms with E-state index >= 15 is 0 Å². The molecule has 0 aliphatic rings. The Hall–Kier alpha value is -1.61. The first-order valence-corrected chi connectivity index (χ1v) is 9.01. The normalized spacial score (nSPS) is 12.1. The van der Waals surface area contributed by atoms with Crippen LogP contribution in [0, 0.1) is 0 Å². The quantitative estimate of drug-likeness (QED) is 0.880. The van der Waals surface area contributed by atoms with Crippen molar-refractivity contribution in [3.8, 4) is 0 Å². The van der Waals surface area contributed by atoms with E-state index in [1.807, 2.05) is 0 Å². The maximum Gasteiger partial charge on any atom is 0.261 e. The predicted octanol–water partition coefficient (Wildman–Crippen LogP) is 1.79. The Morgan fingerprint density at radius 3 is 1.90 bits per heavy atom. The minimum Gasteiger partial charge on any atom is -0.278 e. The molecule has 2 aromatic carbocycles. The molecule has 0 unspecified atom stereocenters. The third-order valence-electron chi connectivity index (χ3n) is 2.58. The molecule has 0 saturated heterocycles. The predicted molar refractivity (Wildman–Crippen MR) is 80.1 cm³/mol. The van der Waals surface area contributed by atoms with Gasteiger partial charge in [-0.25, -0.2) is 22.0 Å². The van der Waals surface area contributed by atoms with Gasteiger partial charge in [0.1, 0.15) is 0 Å². The number of primary sulfonamides is 1. The summed E-state index contributed by atoms with van der Waals surface area (Å²) in [6.45, 7) is 0. The monoisotopic (exact) mass is 346 g/mol. The smallest absolute Gasteiger partial charge is 0.261 e.